The molecule has 0 unspecified atom stereocenters. The maximum Gasteiger partial charge on any atom is 0.345 e. The van der Waals surface area contributed by atoms with Gasteiger partial charge in [0.2, 0.25) is 5.88 Å². The highest BCUT2D eigenvalue weighted by molar-refractivity contribution is 9.10. The number of carbonyl (C=O) groups excluding carboxylic acids is 1. The van der Waals surface area contributed by atoms with Crippen LogP contribution in [0.2, 0.25) is 0 Å². The molecule has 6 nitrogen and oxygen atoms in total. The molecule has 0 saturated carbocycles. The first kappa shape index (κ1) is 22.2. The lowest BCUT2D eigenvalue weighted by atomic mass is 10.1. The van der Waals surface area contributed by atoms with E-state index in [9.17, 15) is 4.79 Å². The molecule has 152 valence electrons. The van der Waals surface area contributed by atoms with Crippen LogP contribution in [0.25, 0.3) is 0 Å². The molecule has 0 aliphatic carbocycles. The second-order valence-electron chi connectivity index (χ2n) is 6.66. The molecule has 28 heavy (non-hydrogen) atoms. The minimum absolute atomic E-state index is 0.0409. The van der Waals surface area contributed by atoms with Crippen molar-refractivity contribution in [1.29, 1.82) is 0 Å². The number of carbonyl (C=O) groups is 1. The highest BCUT2D eigenvalue weighted by Gasteiger charge is 2.24. The van der Waals surface area contributed by atoms with Crippen molar-refractivity contribution < 1.29 is 19.0 Å². The zero-order valence-electron chi connectivity index (χ0n) is 17.2. The number of hydrogen-bond acceptors (Lipinski definition) is 6. The van der Waals surface area contributed by atoms with Crippen LogP contribution in [0.15, 0.2) is 22.7 Å². The van der Waals surface area contributed by atoms with Gasteiger partial charge < -0.3 is 19.5 Å². The van der Waals surface area contributed by atoms with Crippen molar-refractivity contribution in [2.75, 3.05) is 26.1 Å². The summed E-state index contributed by atoms with van der Waals surface area (Å²) in [4.78, 5) is 17.1. The van der Waals surface area contributed by atoms with Crippen molar-refractivity contribution in [1.82, 2.24) is 4.98 Å². The maximum absolute atomic E-state index is 12.6. The summed E-state index contributed by atoms with van der Waals surface area (Å²) in [7, 11) is 3.00. The average molecular weight is 451 g/mol. The van der Waals surface area contributed by atoms with E-state index >= 15 is 0 Å². The molecule has 0 amide bonds. The average Bonchev–Trinajstić information content (AvgIpc) is 2.63. The molecular formula is C21H27BrN2O4. The second kappa shape index (κ2) is 9.89. The number of ether oxygens (including phenoxy) is 3. The lowest BCUT2D eigenvalue weighted by Gasteiger charge is -2.21. The molecule has 2 rings (SSSR count). The summed E-state index contributed by atoms with van der Waals surface area (Å²) in [6.07, 6.45) is 0.830. The van der Waals surface area contributed by atoms with Crippen molar-refractivity contribution >= 4 is 27.6 Å². The number of pyridine rings is 1. The summed E-state index contributed by atoms with van der Waals surface area (Å²) in [5, 5.41) is 3.37. The van der Waals surface area contributed by atoms with Gasteiger partial charge in [0.1, 0.15) is 11.3 Å². The van der Waals surface area contributed by atoms with Gasteiger partial charge in [-0.25, -0.2) is 9.78 Å². The number of methoxy groups -OCH3 is 2. The van der Waals surface area contributed by atoms with Crippen LogP contribution in [0.1, 0.15) is 40.5 Å². The van der Waals surface area contributed by atoms with Crippen molar-refractivity contribution in [2.45, 2.75) is 40.2 Å². The molecule has 1 atom stereocenters. The number of rotatable bonds is 8. The molecule has 2 aromatic rings. The predicted molar refractivity (Wildman–Crippen MR) is 114 cm³/mol. The number of halogens is 1. The highest BCUT2D eigenvalue weighted by Crippen LogP contribution is 2.35. The van der Waals surface area contributed by atoms with E-state index in [1.54, 1.807) is 7.11 Å². The Morgan fingerprint density at radius 2 is 1.82 bits per heavy atom. The Morgan fingerprint density at radius 1 is 1.18 bits per heavy atom. The molecule has 7 heteroatoms. The van der Waals surface area contributed by atoms with Crippen LogP contribution in [0.5, 0.6) is 11.6 Å². The predicted octanol–water partition coefficient (Wildman–Crippen LogP) is 5.19. The maximum atomic E-state index is 12.6. The van der Waals surface area contributed by atoms with Gasteiger partial charge in [0.05, 0.1) is 19.4 Å². The summed E-state index contributed by atoms with van der Waals surface area (Å²) < 4.78 is 17.4. The lowest BCUT2D eigenvalue weighted by molar-refractivity contribution is 0.0598. The molecular weight excluding hydrogens is 424 g/mol. The van der Waals surface area contributed by atoms with E-state index in [1.165, 1.54) is 7.11 Å². The Morgan fingerprint density at radius 3 is 2.36 bits per heavy atom. The largest absolute Gasteiger partial charge is 0.465 e. The van der Waals surface area contributed by atoms with Crippen LogP contribution in [0.3, 0.4) is 0 Å². The van der Waals surface area contributed by atoms with E-state index in [1.807, 2.05) is 39.0 Å². The topological polar surface area (TPSA) is 69.7 Å². The van der Waals surface area contributed by atoms with Gasteiger partial charge in [0, 0.05) is 23.3 Å². The first-order valence-corrected chi connectivity index (χ1v) is 9.90. The smallest absolute Gasteiger partial charge is 0.345 e. The van der Waals surface area contributed by atoms with Crippen molar-refractivity contribution in [3.63, 3.8) is 0 Å². The Kier molecular flexibility index (Phi) is 7.83. The van der Waals surface area contributed by atoms with Crippen LogP contribution in [0, 0.1) is 20.8 Å². The molecule has 0 saturated heterocycles. The van der Waals surface area contributed by atoms with E-state index in [0.717, 1.165) is 27.7 Å². The minimum atomic E-state index is -0.510. The monoisotopic (exact) mass is 450 g/mol. The molecule has 0 aliphatic heterocycles. The third-order valence-corrected chi connectivity index (χ3v) is 4.81. The zero-order valence-corrected chi connectivity index (χ0v) is 18.8. The molecule has 0 spiro atoms. The van der Waals surface area contributed by atoms with Crippen LogP contribution < -0.4 is 10.1 Å². The van der Waals surface area contributed by atoms with E-state index in [2.05, 4.69) is 33.2 Å². The number of benzene rings is 1. The molecule has 0 bridgehead atoms. The fourth-order valence-electron chi connectivity index (χ4n) is 2.97. The van der Waals surface area contributed by atoms with Crippen LogP contribution in [0.4, 0.5) is 5.69 Å². The number of esters is 1. The molecule has 0 fully saturated rings. The molecule has 1 heterocycles. The molecule has 0 aliphatic rings. The standard InChI is InChI=1S/C21H27BrN2O4/c1-7-16(11-26-5)24-17-10-14(4)23-20(18(17)21(25)27-6)28-19-12(2)8-15(22)9-13(19)3/h8-10,16H,7,11H2,1-6H3,(H,23,24)/t16-/m0/s1. The summed E-state index contributed by atoms with van der Waals surface area (Å²) in [5.74, 6) is 0.376. The van der Waals surface area contributed by atoms with Crippen LogP contribution in [-0.4, -0.2) is 37.8 Å². The van der Waals surface area contributed by atoms with Gasteiger partial charge in [0.15, 0.2) is 0 Å². The summed E-state index contributed by atoms with van der Waals surface area (Å²) in [6.45, 7) is 8.32. The first-order chi connectivity index (χ1) is 13.3. The van der Waals surface area contributed by atoms with E-state index in [0.29, 0.717) is 18.0 Å². The van der Waals surface area contributed by atoms with Gasteiger partial charge in [-0.3, -0.25) is 0 Å². The van der Waals surface area contributed by atoms with Gasteiger partial charge in [-0.05, 0) is 56.5 Å². The molecule has 1 aromatic carbocycles. The van der Waals surface area contributed by atoms with Gasteiger partial charge in [0.25, 0.3) is 0 Å². The molecule has 0 radical (unpaired) electrons. The Labute approximate surface area is 174 Å². The van der Waals surface area contributed by atoms with Crippen LogP contribution in [-0.2, 0) is 9.47 Å². The minimum Gasteiger partial charge on any atom is -0.465 e. The summed E-state index contributed by atoms with van der Waals surface area (Å²) in [6, 6.07) is 5.78. The van der Waals surface area contributed by atoms with E-state index in [4.69, 9.17) is 14.2 Å². The van der Waals surface area contributed by atoms with Gasteiger partial charge in [-0.1, -0.05) is 22.9 Å². The fraction of sp³-hybridized carbons (Fsp3) is 0.429. The number of aryl methyl sites for hydroxylation is 3. The third kappa shape index (κ3) is 5.23. The number of hydrogen-bond donors (Lipinski definition) is 1. The molecule has 1 N–H and O–H groups in total. The number of nitrogens with one attached hydrogen (secondary N) is 1. The van der Waals surface area contributed by atoms with Gasteiger partial charge >= 0.3 is 5.97 Å². The van der Waals surface area contributed by atoms with E-state index < -0.39 is 5.97 Å². The summed E-state index contributed by atoms with van der Waals surface area (Å²) in [5.41, 5.74) is 3.48. The van der Waals surface area contributed by atoms with Crippen molar-refractivity contribution in [3.8, 4) is 11.6 Å². The quantitative estimate of drug-likeness (QED) is 0.558. The summed E-state index contributed by atoms with van der Waals surface area (Å²) >= 11 is 3.49. The lowest BCUT2D eigenvalue weighted by Crippen LogP contribution is -2.25. The molecule has 1 aromatic heterocycles. The Hall–Kier alpha value is -2.12. The first-order valence-electron chi connectivity index (χ1n) is 9.10. The van der Waals surface area contributed by atoms with Gasteiger partial charge in [-0.15, -0.1) is 0 Å². The highest BCUT2D eigenvalue weighted by atomic mass is 79.9. The SMILES string of the molecule is CC[C@@H](COC)Nc1cc(C)nc(Oc2c(C)cc(Br)cc2C)c1C(=O)OC. The number of aromatic nitrogens is 1. The van der Waals surface area contributed by atoms with Gasteiger partial charge in [-0.2, -0.15) is 0 Å². The van der Waals surface area contributed by atoms with Crippen LogP contribution >= 0.6 is 15.9 Å². The second-order valence-corrected chi connectivity index (χ2v) is 7.57. The fourth-order valence-corrected chi connectivity index (χ4v) is 3.66. The van der Waals surface area contributed by atoms with Crippen molar-refractivity contribution in [3.05, 3.63) is 45.1 Å². The zero-order chi connectivity index (χ0) is 20.8. The Bertz CT molecular complexity index is 832. The normalized spacial score (nSPS) is 11.8. The van der Waals surface area contributed by atoms with E-state index in [-0.39, 0.29) is 17.5 Å². The third-order valence-electron chi connectivity index (χ3n) is 4.35. The van der Waals surface area contributed by atoms with Crippen molar-refractivity contribution in [2.24, 2.45) is 0 Å². The number of anilines is 1. The Balaban J connectivity index is 2.56. The number of nitrogens with zero attached hydrogens (tertiary/aromatic N) is 1.